The number of aliphatic hydroxyl groups excluding tert-OH is 1. The average Bonchev–Trinajstić information content (AvgIpc) is 2.83. The summed E-state index contributed by atoms with van der Waals surface area (Å²) in [6.45, 7) is 2.01. The van der Waals surface area contributed by atoms with E-state index in [0.29, 0.717) is 36.2 Å². The van der Waals surface area contributed by atoms with Gasteiger partial charge in [0, 0.05) is 30.7 Å². The number of aryl methyl sites for hydroxylation is 1. The maximum Gasteiger partial charge on any atom is 0.163 e. The number of Topliss-reactive ketones (excluding diaryl/α,β-unsaturated/α-hetero) is 1. The first kappa shape index (κ1) is 24.4. The largest absolute Gasteiger partial charge is 0.493 e. The Balaban J connectivity index is 1.95. The molecular weight excluding hydrogens is 426 g/mol. The molecule has 2 aromatic carbocycles. The first-order valence-corrected chi connectivity index (χ1v) is 10.6. The van der Waals surface area contributed by atoms with Crippen molar-refractivity contribution in [2.75, 3.05) is 45.9 Å². The average molecular weight is 456 g/mol. The third-order valence-corrected chi connectivity index (χ3v) is 4.86. The lowest BCUT2D eigenvalue weighted by molar-refractivity contribution is -0.121. The molecule has 1 heterocycles. The molecule has 0 unspecified atom stereocenters. The fraction of sp³-hybridized carbons (Fsp3) is 0.375. The Labute approximate surface area is 192 Å². The summed E-state index contributed by atoms with van der Waals surface area (Å²) in [6.07, 6.45) is 0.741. The van der Waals surface area contributed by atoms with E-state index in [2.05, 4.69) is 4.98 Å². The summed E-state index contributed by atoms with van der Waals surface area (Å²) >= 11 is 0. The van der Waals surface area contributed by atoms with Gasteiger partial charge in [0.25, 0.3) is 0 Å². The minimum atomic E-state index is -0.457. The lowest BCUT2D eigenvalue weighted by Crippen LogP contribution is -2.23. The van der Waals surface area contributed by atoms with Crippen LogP contribution in [0, 0.1) is 6.92 Å². The van der Waals surface area contributed by atoms with Gasteiger partial charge in [0.15, 0.2) is 17.3 Å². The molecule has 9 nitrogen and oxygen atoms in total. The molecule has 0 bridgehead atoms. The van der Waals surface area contributed by atoms with E-state index in [1.165, 1.54) is 0 Å². The first-order valence-electron chi connectivity index (χ1n) is 10.6. The highest BCUT2D eigenvalue weighted by molar-refractivity contribution is 5.91. The van der Waals surface area contributed by atoms with Gasteiger partial charge in [-0.05, 0) is 37.6 Å². The van der Waals surface area contributed by atoms with Crippen LogP contribution in [-0.4, -0.2) is 61.8 Å². The number of hydrogen-bond donors (Lipinski definition) is 1. The number of rotatable bonds is 13. The van der Waals surface area contributed by atoms with Crippen LogP contribution < -0.4 is 14.4 Å². The standard InChI is InChI=1S/C24H29N3O6/c1-17-25-21-9-5-4-8-20(21)24(26-17)27(15-32-16-30-2)18-10-11-22(31-3)23(13-18)33-12-6-7-19(29)14-28/h4-5,8-11,13,28H,6-7,12,14-16H2,1-3H3. The smallest absolute Gasteiger partial charge is 0.163 e. The third kappa shape index (κ3) is 6.38. The molecule has 0 saturated carbocycles. The summed E-state index contributed by atoms with van der Waals surface area (Å²) < 4.78 is 22.1. The van der Waals surface area contributed by atoms with Gasteiger partial charge in [-0.3, -0.25) is 4.79 Å². The number of aliphatic hydroxyl groups is 1. The molecule has 33 heavy (non-hydrogen) atoms. The van der Waals surface area contributed by atoms with Crippen LogP contribution in [0.2, 0.25) is 0 Å². The van der Waals surface area contributed by atoms with Crippen molar-refractivity contribution >= 4 is 28.2 Å². The van der Waals surface area contributed by atoms with Crippen LogP contribution in [0.5, 0.6) is 11.5 Å². The number of methoxy groups -OCH3 is 2. The molecule has 0 saturated heterocycles. The van der Waals surface area contributed by atoms with Crippen LogP contribution in [0.1, 0.15) is 18.7 Å². The van der Waals surface area contributed by atoms with Crippen molar-refractivity contribution in [3.05, 3.63) is 48.3 Å². The van der Waals surface area contributed by atoms with Crippen molar-refractivity contribution in [1.29, 1.82) is 0 Å². The minimum absolute atomic E-state index is 0.122. The number of ether oxygens (including phenoxy) is 4. The van der Waals surface area contributed by atoms with E-state index in [9.17, 15) is 4.79 Å². The third-order valence-electron chi connectivity index (χ3n) is 4.86. The van der Waals surface area contributed by atoms with Gasteiger partial charge < -0.3 is 29.0 Å². The number of carbonyl (C=O) groups is 1. The number of benzene rings is 2. The van der Waals surface area contributed by atoms with E-state index in [0.717, 1.165) is 16.6 Å². The zero-order chi connectivity index (χ0) is 23.6. The maximum absolute atomic E-state index is 11.3. The van der Waals surface area contributed by atoms with Crippen LogP contribution in [0.25, 0.3) is 10.9 Å². The van der Waals surface area contributed by atoms with Gasteiger partial charge in [-0.2, -0.15) is 0 Å². The molecule has 9 heteroatoms. The van der Waals surface area contributed by atoms with Gasteiger partial charge in [-0.25, -0.2) is 9.97 Å². The van der Waals surface area contributed by atoms with Crippen molar-refractivity contribution in [2.24, 2.45) is 0 Å². The van der Waals surface area contributed by atoms with Crippen LogP contribution in [0.3, 0.4) is 0 Å². The second-order valence-electron chi connectivity index (χ2n) is 7.26. The SMILES string of the molecule is COCOCN(c1ccc(OC)c(OCCCC(=O)CO)c1)c1nc(C)nc2ccccc12. The van der Waals surface area contributed by atoms with E-state index in [1.807, 2.05) is 54.3 Å². The Morgan fingerprint density at radius 2 is 1.91 bits per heavy atom. The lowest BCUT2D eigenvalue weighted by atomic mass is 10.2. The maximum atomic E-state index is 11.3. The molecule has 0 radical (unpaired) electrons. The molecule has 1 aromatic heterocycles. The number of para-hydroxylation sites is 1. The number of carbonyl (C=O) groups excluding carboxylic acids is 1. The molecule has 1 N–H and O–H groups in total. The molecule has 0 aliphatic heterocycles. The molecule has 0 atom stereocenters. The quantitative estimate of drug-likeness (QED) is 0.307. The Bertz CT molecular complexity index is 1080. The van der Waals surface area contributed by atoms with Crippen molar-refractivity contribution in [3.8, 4) is 11.5 Å². The fourth-order valence-electron chi connectivity index (χ4n) is 3.33. The summed E-state index contributed by atoms with van der Waals surface area (Å²) in [6, 6.07) is 13.3. The number of aromatic nitrogens is 2. The van der Waals surface area contributed by atoms with Gasteiger partial charge >= 0.3 is 0 Å². The summed E-state index contributed by atoms with van der Waals surface area (Å²) in [5.74, 6) is 2.21. The zero-order valence-corrected chi connectivity index (χ0v) is 19.1. The molecule has 0 spiro atoms. The van der Waals surface area contributed by atoms with Gasteiger partial charge in [-0.1, -0.05) is 12.1 Å². The number of ketones is 1. The van der Waals surface area contributed by atoms with Gasteiger partial charge in [-0.15, -0.1) is 0 Å². The van der Waals surface area contributed by atoms with Crippen LogP contribution in [-0.2, 0) is 14.3 Å². The van der Waals surface area contributed by atoms with Crippen LogP contribution in [0.4, 0.5) is 11.5 Å². The summed E-state index contributed by atoms with van der Waals surface area (Å²) in [7, 11) is 3.13. The summed E-state index contributed by atoms with van der Waals surface area (Å²) in [5.41, 5.74) is 1.60. The molecule has 0 amide bonds. The van der Waals surface area contributed by atoms with Crippen molar-refractivity contribution in [3.63, 3.8) is 0 Å². The van der Waals surface area contributed by atoms with Crippen LogP contribution in [0.15, 0.2) is 42.5 Å². The molecule has 3 rings (SSSR count). The summed E-state index contributed by atoms with van der Waals surface area (Å²) in [4.78, 5) is 22.5. The Morgan fingerprint density at radius 3 is 2.67 bits per heavy atom. The van der Waals surface area contributed by atoms with E-state index >= 15 is 0 Å². The monoisotopic (exact) mass is 455 g/mol. The van der Waals surface area contributed by atoms with E-state index in [4.69, 9.17) is 29.0 Å². The second kappa shape index (κ2) is 12.1. The number of nitrogens with zero attached hydrogens (tertiary/aromatic N) is 3. The predicted octanol–water partition coefficient (Wildman–Crippen LogP) is 3.38. The molecule has 0 aliphatic rings. The molecule has 0 fully saturated rings. The highest BCUT2D eigenvalue weighted by Crippen LogP contribution is 2.36. The molecule has 0 aliphatic carbocycles. The normalized spacial score (nSPS) is 10.9. The molecule has 176 valence electrons. The zero-order valence-electron chi connectivity index (χ0n) is 19.1. The molecule has 3 aromatic rings. The Morgan fingerprint density at radius 1 is 1.09 bits per heavy atom. The minimum Gasteiger partial charge on any atom is -0.493 e. The Kier molecular flexibility index (Phi) is 8.94. The fourth-order valence-corrected chi connectivity index (χ4v) is 3.33. The highest BCUT2D eigenvalue weighted by Gasteiger charge is 2.18. The van der Waals surface area contributed by atoms with Crippen molar-refractivity contribution < 1.29 is 28.8 Å². The van der Waals surface area contributed by atoms with Gasteiger partial charge in [0.05, 0.1) is 19.2 Å². The van der Waals surface area contributed by atoms with E-state index < -0.39 is 6.61 Å². The predicted molar refractivity (Wildman–Crippen MR) is 124 cm³/mol. The highest BCUT2D eigenvalue weighted by atomic mass is 16.7. The van der Waals surface area contributed by atoms with Gasteiger partial charge in [0.1, 0.15) is 31.8 Å². The summed E-state index contributed by atoms with van der Waals surface area (Å²) in [5, 5.41) is 9.76. The number of hydrogen-bond acceptors (Lipinski definition) is 9. The topological polar surface area (TPSA) is 103 Å². The second-order valence-corrected chi connectivity index (χ2v) is 7.26. The first-order chi connectivity index (χ1) is 16.1. The Hall–Kier alpha value is -3.27. The lowest BCUT2D eigenvalue weighted by Gasteiger charge is -2.26. The number of fused-ring (bicyclic) bond motifs is 1. The van der Waals surface area contributed by atoms with Crippen LogP contribution >= 0.6 is 0 Å². The molecular formula is C24H29N3O6. The van der Waals surface area contributed by atoms with E-state index in [1.54, 1.807) is 14.2 Å². The van der Waals surface area contributed by atoms with Crippen molar-refractivity contribution in [1.82, 2.24) is 9.97 Å². The van der Waals surface area contributed by atoms with Gasteiger partial charge in [0.2, 0.25) is 0 Å². The number of anilines is 2. The van der Waals surface area contributed by atoms with Crippen molar-refractivity contribution in [2.45, 2.75) is 19.8 Å². The van der Waals surface area contributed by atoms with E-state index in [-0.39, 0.29) is 25.7 Å².